The molecule has 0 fully saturated rings. The molecule has 7 heteroatoms. The van der Waals surface area contributed by atoms with Crippen molar-refractivity contribution in [1.82, 2.24) is 15.0 Å². The number of hydrogen-bond acceptors (Lipinski definition) is 6. The number of nitrogens with one attached hydrogen (secondary N) is 1. The largest absolute Gasteiger partial charge is 0.493 e. The summed E-state index contributed by atoms with van der Waals surface area (Å²) in [6.07, 6.45) is 1.37. The topological polar surface area (TPSA) is 91.3 Å². The van der Waals surface area contributed by atoms with Crippen LogP contribution in [0.25, 0.3) is 11.0 Å². The molecule has 0 spiro atoms. The number of aromatic nitrogens is 3. The molecule has 1 aromatic carbocycles. The number of aliphatic hydroxyl groups is 2. The lowest BCUT2D eigenvalue weighted by Gasteiger charge is -2.13. The summed E-state index contributed by atoms with van der Waals surface area (Å²) in [5.41, 5.74) is 3.89. The molecule has 6 nitrogen and oxygen atoms in total. The number of para-hydroxylation sites is 2. The number of hydrogen-bond donors (Lipinski definition) is 3. The number of imidazole rings is 1. The fourth-order valence-corrected chi connectivity index (χ4v) is 3.30. The summed E-state index contributed by atoms with van der Waals surface area (Å²) in [5, 5.41) is 19.1. The highest BCUT2D eigenvalue weighted by Gasteiger charge is 2.10. The van der Waals surface area contributed by atoms with E-state index in [1.54, 1.807) is 18.0 Å². The first kappa shape index (κ1) is 17.7. The molecule has 3 aromatic rings. The Balaban J connectivity index is 1.63. The van der Waals surface area contributed by atoms with E-state index < -0.39 is 6.10 Å². The molecule has 3 rings (SSSR count). The highest BCUT2D eigenvalue weighted by atomic mass is 32.2. The van der Waals surface area contributed by atoms with Crippen molar-refractivity contribution in [3.63, 3.8) is 0 Å². The van der Waals surface area contributed by atoms with Crippen LogP contribution in [-0.4, -0.2) is 44.5 Å². The van der Waals surface area contributed by atoms with Crippen LogP contribution in [0.2, 0.25) is 0 Å². The number of nitrogens with zero attached hydrogens (tertiary/aromatic N) is 2. The van der Waals surface area contributed by atoms with E-state index in [2.05, 4.69) is 15.0 Å². The Morgan fingerprint density at radius 3 is 2.92 bits per heavy atom. The maximum absolute atomic E-state index is 9.37. The molecule has 2 heterocycles. The quantitative estimate of drug-likeness (QED) is 0.536. The van der Waals surface area contributed by atoms with Gasteiger partial charge in [-0.3, -0.25) is 4.98 Å². The lowest BCUT2D eigenvalue weighted by Crippen LogP contribution is -2.16. The first-order valence-corrected chi connectivity index (χ1v) is 9.09. The van der Waals surface area contributed by atoms with Crippen molar-refractivity contribution < 1.29 is 14.9 Å². The first-order valence-electron chi connectivity index (χ1n) is 8.11. The van der Waals surface area contributed by atoms with Gasteiger partial charge in [-0.15, -0.1) is 0 Å². The van der Waals surface area contributed by atoms with Gasteiger partial charge in [0.05, 0.1) is 36.0 Å². The number of rotatable bonds is 8. The minimum atomic E-state index is -0.745. The van der Waals surface area contributed by atoms with Gasteiger partial charge in [0.15, 0.2) is 5.16 Å². The summed E-state index contributed by atoms with van der Waals surface area (Å²) in [6, 6.07) is 9.75. The molecule has 0 saturated heterocycles. The Labute approximate surface area is 150 Å². The molecule has 0 aliphatic carbocycles. The van der Waals surface area contributed by atoms with Crippen molar-refractivity contribution in [2.24, 2.45) is 0 Å². The minimum Gasteiger partial charge on any atom is -0.493 e. The first-order chi connectivity index (χ1) is 12.2. The third-order valence-corrected chi connectivity index (χ3v) is 4.78. The van der Waals surface area contributed by atoms with Gasteiger partial charge in [0.2, 0.25) is 0 Å². The summed E-state index contributed by atoms with van der Waals surface area (Å²) < 4.78 is 5.71. The number of aliphatic hydroxyl groups excluding tert-OH is 2. The van der Waals surface area contributed by atoms with Gasteiger partial charge in [-0.05, 0) is 25.1 Å². The number of aromatic amines is 1. The highest BCUT2D eigenvalue weighted by molar-refractivity contribution is 7.98. The second-order valence-corrected chi connectivity index (χ2v) is 6.67. The Bertz CT molecular complexity index is 804. The summed E-state index contributed by atoms with van der Waals surface area (Å²) in [4.78, 5) is 12.3. The lowest BCUT2D eigenvalue weighted by atomic mass is 10.2. The van der Waals surface area contributed by atoms with E-state index in [9.17, 15) is 5.11 Å². The molecule has 1 unspecified atom stereocenters. The van der Waals surface area contributed by atoms with Gasteiger partial charge in [-0.25, -0.2) is 4.98 Å². The van der Waals surface area contributed by atoms with Crippen molar-refractivity contribution in [2.45, 2.75) is 30.4 Å². The molecular weight excluding hydrogens is 338 g/mol. The molecule has 2 aromatic heterocycles. The predicted octanol–water partition coefficient (Wildman–Crippen LogP) is 2.68. The number of pyridine rings is 1. The molecule has 0 bridgehead atoms. The molecule has 1 atom stereocenters. The fourth-order valence-electron chi connectivity index (χ4n) is 2.39. The maximum Gasteiger partial charge on any atom is 0.166 e. The zero-order valence-corrected chi connectivity index (χ0v) is 14.8. The van der Waals surface area contributed by atoms with Gasteiger partial charge in [0.1, 0.15) is 5.75 Å². The number of fused-ring (bicyclic) bond motifs is 1. The number of H-pyrrole nitrogens is 1. The van der Waals surface area contributed by atoms with Crippen LogP contribution < -0.4 is 4.74 Å². The van der Waals surface area contributed by atoms with Crippen LogP contribution in [-0.2, 0) is 5.75 Å². The second kappa shape index (κ2) is 8.33. The number of benzene rings is 1. The van der Waals surface area contributed by atoms with Crippen LogP contribution in [0.15, 0.2) is 41.7 Å². The van der Waals surface area contributed by atoms with Crippen molar-refractivity contribution in [2.75, 3.05) is 13.2 Å². The molecule has 0 aliphatic rings. The molecule has 132 valence electrons. The van der Waals surface area contributed by atoms with E-state index in [1.165, 1.54) is 0 Å². The van der Waals surface area contributed by atoms with Crippen LogP contribution in [0.3, 0.4) is 0 Å². The highest BCUT2D eigenvalue weighted by Crippen LogP contribution is 2.27. The van der Waals surface area contributed by atoms with E-state index in [4.69, 9.17) is 9.84 Å². The van der Waals surface area contributed by atoms with Gasteiger partial charge >= 0.3 is 0 Å². The Kier molecular flexibility index (Phi) is 5.91. The predicted molar refractivity (Wildman–Crippen MR) is 97.8 cm³/mol. The molecular formula is C18H21N3O3S. The summed E-state index contributed by atoms with van der Waals surface area (Å²) in [7, 11) is 0. The van der Waals surface area contributed by atoms with E-state index in [0.29, 0.717) is 18.8 Å². The van der Waals surface area contributed by atoms with E-state index in [1.807, 2.05) is 37.3 Å². The maximum atomic E-state index is 9.37. The minimum absolute atomic E-state index is 0.252. The standard InChI is InChI=1S/C18H21N3O3S/c1-12-16(19-8-6-17(12)24-9-7-13(23)10-22)11-25-18-20-14-4-2-3-5-15(14)21-18/h2-6,8,13,22-23H,7,9-11H2,1H3,(H,20,21). The van der Waals surface area contributed by atoms with Crippen LogP contribution in [0, 0.1) is 6.92 Å². The molecule has 0 aliphatic heterocycles. The Hall–Kier alpha value is -2.09. The normalized spacial score (nSPS) is 12.4. The number of ether oxygens (including phenoxy) is 1. The summed E-state index contributed by atoms with van der Waals surface area (Å²) >= 11 is 1.60. The smallest absolute Gasteiger partial charge is 0.166 e. The van der Waals surface area contributed by atoms with E-state index >= 15 is 0 Å². The van der Waals surface area contributed by atoms with Crippen LogP contribution in [0.4, 0.5) is 0 Å². The molecule has 0 amide bonds. The van der Waals surface area contributed by atoms with Gasteiger partial charge in [-0.2, -0.15) is 0 Å². The zero-order valence-electron chi connectivity index (χ0n) is 14.0. The third kappa shape index (κ3) is 4.50. The van der Waals surface area contributed by atoms with Gasteiger partial charge in [0.25, 0.3) is 0 Å². The third-order valence-electron chi connectivity index (χ3n) is 3.89. The van der Waals surface area contributed by atoms with Gasteiger partial charge < -0.3 is 19.9 Å². The SMILES string of the molecule is Cc1c(OCCC(O)CO)ccnc1CSc1nc2ccccc2[nH]1. The van der Waals surface area contributed by atoms with Crippen LogP contribution in [0.5, 0.6) is 5.75 Å². The van der Waals surface area contributed by atoms with Crippen LogP contribution in [0.1, 0.15) is 17.7 Å². The number of thioether (sulfide) groups is 1. The van der Waals surface area contributed by atoms with Crippen LogP contribution >= 0.6 is 11.8 Å². The average molecular weight is 359 g/mol. The van der Waals surface area contributed by atoms with Gasteiger partial charge in [0, 0.05) is 23.9 Å². The van der Waals surface area contributed by atoms with Crippen molar-refractivity contribution in [1.29, 1.82) is 0 Å². The zero-order chi connectivity index (χ0) is 17.6. The summed E-state index contributed by atoms with van der Waals surface area (Å²) in [6.45, 7) is 2.07. The average Bonchev–Trinajstić information content (AvgIpc) is 3.05. The van der Waals surface area contributed by atoms with Crippen molar-refractivity contribution in [3.05, 3.63) is 47.8 Å². The molecule has 0 radical (unpaired) electrons. The van der Waals surface area contributed by atoms with Crippen molar-refractivity contribution >= 4 is 22.8 Å². The Morgan fingerprint density at radius 2 is 2.12 bits per heavy atom. The monoisotopic (exact) mass is 359 g/mol. The lowest BCUT2D eigenvalue weighted by molar-refractivity contribution is 0.0753. The Morgan fingerprint density at radius 1 is 1.28 bits per heavy atom. The molecule has 0 saturated carbocycles. The van der Waals surface area contributed by atoms with Crippen molar-refractivity contribution in [3.8, 4) is 5.75 Å². The molecule has 3 N–H and O–H groups in total. The van der Waals surface area contributed by atoms with E-state index in [-0.39, 0.29) is 6.61 Å². The summed E-state index contributed by atoms with van der Waals surface area (Å²) in [5.74, 6) is 1.43. The van der Waals surface area contributed by atoms with Gasteiger partial charge in [-0.1, -0.05) is 23.9 Å². The van der Waals surface area contributed by atoms with E-state index in [0.717, 1.165) is 33.2 Å². The fraction of sp³-hybridized carbons (Fsp3) is 0.333. The molecule has 25 heavy (non-hydrogen) atoms. The second-order valence-electron chi connectivity index (χ2n) is 5.70.